The first-order valence-corrected chi connectivity index (χ1v) is 10.1. The minimum Gasteiger partial charge on any atom is -0.345 e. The largest absolute Gasteiger partial charge is 0.345 e. The molecule has 0 aromatic heterocycles. The topological polar surface area (TPSA) is 87.3 Å². The lowest BCUT2D eigenvalue weighted by molar-refractivity contribution is -0.116. The second-order valence-corrected chi connectivity index (χ2v) is 7.33. The van der Waals surface area contributed by atoms with Gasteiger partial charge in [-0.3, -0.25) is 14.4 Å². The highest BCUT2D eigenvalue weighted by atomic mass is 35.5. The summed E-state index contributed by atoms with van der Waals surface area (Å²) in [5.41, 5.74) is 2.38. The Hall–Kier alpha value is -3.64. The molecule has 0 aliphatic rings. The summed E-state index contributed by atoms with van der Waals surface area (Å²) in [6.45, 7) is 1.43. The van der Waals surface area contributed by atoms with Gasteiger partial charge in [-0.05, 0) is 42.0 Å². The lowest BCUT2D eigenvalue weighted by Gasteiger charge is -2.19. The summed E-state index contributed by atoms with van der Waals surface area (Å²) in [4.78, 5) is 36.6. The molecular weight excluding hydrogens is 414 g/mol. The Morgan fingerprint density at radius 3 is 2.00 bits per heavy atom. The molecule has 0 bridgehead atoms. The predicted molar refractivity (Wildman–Crippen MR) is 122 cm³/mol. The Morgan fingerprint density at radius 2 is 1.39 bits per heavy atom. The summed E-state index contributed by atoms with van der Waals surface area (Å²) in [6.07, 6.45) is 0.0354. The monoisotopic (exact) mass is 435 g/mol. The van der Waals surface area contributed by atoms with Gasteiger partial charge in [-0.15, -0.1) is 0 Å². The molecular formula is C24H22ClN3O3. The van der Waals surface area contributed by atoms with E-state index in [0.717, 1.165) is 5.56 Å². The molecule has 0 aliphatic carbocycles. The van der Waals surface area contributed by atoms with E-state index in [1.54, 1.807) is 48.5 Å². The van der Waals surface area contributed by atoms with Crippen LogP contribution in [0.4, 0.5) is 11.4 Å². The summed E-state index contributed by atoms with van der Waals surface area (Å²) < 4.78 is 0. The molecule has 0 fully saturated rings. The van der Waals surface area contributed by atoms with Crippen LogP contribution in [-0.2, 0) is 9.59 Å². The number of carbonyl (C=O) groups excluding carboxylic acids is 3. The third-order valence-corrected chi connectivity index (χ3v) is 4.83. The third-order valence-electron chi connectivity index (χ3n) is 4.50. The first-order chi connectivity index (χ1) is 14.9. The molecule has 0 spiro atoms. The highest BCUT2D eigenvalue weighted by Gasteiger charge is 2.20. The van der Waals surface area contributed by atoms with E-state index in [1.807, 2.05) is 30.3 Å². The number of benzene rings is 3. The maximum absolute atomic E-state index is 12.8. The van der Waals surface area contributed by atoms with Crippen molar-refractivity contribution < 1.29 is 14.4 Å². The van der Waals surface area contributed by atoms with Gasteiger partial charge in [-0.2, -0.15) is 0 Å². The van der Waals surface area contributed by atoms with Crippen molar-refractivity contribution in [2.75, 3.05) is 10.6 Å². The van der Waals surface area contributed by atoms with Gasteiger partial charge in [0.1, 0.15) is 0 Å². The van der Waals surface area contributed by atoms with Crippen molar-refractivity contribution >= 4 is 40.7 Å². The van der Waals surface area contributed by atoms with Crippen LogP contribution in [0.1, 0.15) is 35.3 Å². The molecule has 158 valence electrons. The van der Waals surface area contributed by atoms with E-state index in [2.05, 4.69) is 16.0 Å². The fraction of sp³-hybridized carbons (Fsp3) is 0.125. The van der Waals surface area contributed by atoms with Crippen molar-refractivity contribution in [2.24, 2.45) is 0 Å². The van der Waals surface area contributed by atoms with Crippen molar-refractivity contribution in [1.82, 2.24) is 5.32 Å². The molecule has 31 heavy (non-hydrogen) atoms. The van der Waals surface area contributed by atoms with Crippen LogP contribution < -0.4 is 16.0 Å². The van der Waals surface area contributed by atoms with Crippen molar-refractivity contribution in [1.29, 1.82) is 0 Å². The molecule has 0 heterocycles. The van der Waals surface area contributed by atoms with Crippen LogP contribution in [0, 0.1) is 0 Å². The summed E-state index contributed by atoms with van der Waals surface area (Å²) in [5.74, 6) is -0.788. The number of hydrogen-bond acceptors (Lipinski definition) is 3. The summed E-state index contributed by atoms with van der Waals surface area (Å²) in [7, 11) is 0. The van der Waals surface area contributed by atoms with Gasteiger partial charge in [0, 0.05) is 18.3 Å². The van der Waals surface area contributed by atoms with Crippen molar-refractivity contribution in [3.63, 3.8) is 0 Å². The molecule has 1 atom stereocenters. The number of hydrogen-bond donors (Lipinski definition) is 3. The quantitative estimate of drug-likeness (QED) is 0.498. The number of rotatable bonds is 7. The van der Waals surface area contributed by atoms with Gasteiger partial charge in [0.25, 0.3) is 5.91 Å². The lowest BCUT2D eigenvalue weighted by Crippen LogP contribution is -2.31. The SMILES string of the molecule is CC(=O)Nc1ccc(NC(=O)CC(NC(=O)c2ccccc2Cl)c2ccccc2)cc1. The van der Waals surface area contributed by atoms with Crippen LogP contribution >= 0.6 is 11.6 Å². The van der Waals surface area contributed by atoms with Crippen LogP contribution in [0.15, 0.2) is 78.9 Å². The van der Waals surface area contributed by atoms with E-state index in [9.17, 15) is 14.4 Å². The molecule has 3 rings (SSSR count). The zero-order valence-electron chi connectivity index (χ0n) is 16.9. The van der Waals surface area contributed by atoms with Gasteiger partial charge in [-0.1, -0.05) is 54.1 Å². The van der Waals surface area contributed by atoms with E-state index in [1.165, 1.54) is 6.92 Å². The number of halogens is 1. The molecule has 3 amide bonds. The fourth-order valence-electron chi connectivity index (χ4n) is 3.06. The van der Waals surface area contributed by atoms with Crippen LogP contribution in [-0.4, -0.2) is 17.7 Å². The molecule has 0 saturated heterocycles. The summed E-state index contributed by atoms with van der Waals surface area (Å²) in [6, 6.07) is 22.3. The minimum absolute atomic E-state index is 0.0354. The highest BCUT2D eigenvalue weighted by molar-refractivity contribution is 6.33. The molecule has 0 aliphatic heterocycles. The average Bonchev–Trinajstić information content (AvgIpc) is 2.75. The minimum atomic E-state index is -0.538. The van der Waals surface area contributed by atoms with Gasteiger partial charge in [0.15, 0.2) is 0 Å². The van der Waals surface area contributed by atoms with Gasteiger partial charge in [0.2, 0.25) is 11.8 Å². The highest BCUT2D eigenvalue weighted by Crippen LogP contribution is 2.21. The van der Waals surface area contributed by atoms with Gasteiger partial charge in [-0.25, -0.2) is 0 Å². The first-order valence-electron chi connectivity index (χ1n) is 9.70. The molecule has 0 radical (unpaired) electrons. The van der Waals surface area contributed by atoms with E-state index in [4.69, 9.17) is 11.6 Å². The molecule has 1 unspecified atom stereocenters. The average molecular weight is 436 g/mol. The Labute approximate surface area is 185 Å². The predicted octanol–water partition coefficient (Wildman–Crippen LogP) is 4.80. The second-order valence-electron chi connectivity index (χ2n) is 6.93. The smallest absolute Gasteiger partial charge is 0.253 e. The number of nitrogens with one attached hydrogen (secondary N) is 3. The maximum Gasteiger partial charge on any atom is 0.253 e. The van der Waals surface area contributed by atoms with E-state index in [0.29, 0.717) is 22.0 Å². The summed E-state index contributed by atoms with van der Waals surface area (Å²) in [5, 5.41) is 8.74. The Balaban J connectivity index is 1.71. The Kier molecular flexibility index (Phi) is 7.40. The van der Waals surface area contributed by atoms with E-state index < -0.39 is 6.04 Å². The van der Waals surface area contributed by atoms with Crippen molar-refractivity contribution in [3.8, 4) is 0 Å². The number of amides is 3. The molecule has 0 saturated carbocycles. The van der Waals surface area contributed by atoms with Crippen molar-refractivity contribution in [2.45, 2.75) is 19.4 Å². The van der Waals surface area contributed by atoms with E-state index in [-0.39, 0.29) is 24.1 Å². The van der Waals surface area contributed by atoms with Crippen LogP contribution in [0.3, 0.4) is 0 Å². The second kappa shape index (κ2) is 10.4. The maximum atomic E-state index is 12.8. The molecule has 3 N–H and O–H groups in total. The van der Waals surface area contributed by atoms with E-state index >= 15 is 0 Å². The zero-order chi connectivity index (χ0) is 22.2. The molecule has 7 heteroatoms. The lowest BCUT2D eigenvalue weighted by atomic mass is 10.0. The number of carbonyl (C=O) groups is 3. The van der Waals surface area contributed by atoms with Crippen LogP contribution in [0.2, 0.25) is 5.02 Å². The van der Waals surface area contributed by atoms with Gasteiger partial charge >= 0.3 is 0 Å². The normalized spacial score (nSPS) is 11.3. The fourth-order valence-corrected chi connectivity index (χ4v) is 3.28. The van der Waals surface area contributed by atoms with Gasteiger partial charge < -0.3 is 16.0 Å². The molecule has 6 nitrogen and oxygen atoms in total. The Bertz CT molecular complexity index is 1070. The van der Waals surface area contributed by atoms with Crippen LogP contribution in [0.5, 0.6) is 0 Å². The van der Waals surface area contributed by atoms with Crippen LogP contribution in [0.25, 0.3) is 0 Å². The van der Waals surface area contributed by atoms with Crippen molar-refractivity contribution in [3.05, 3.63) is 95.0 Å². The Morgan fingerprint density at radius 1 is 0.806 bits per heavy atom. The standard InChI is InChI=1S/C24H22ClN3O3/c1-16(29)26-18-11-13-19(14-12-18)27-23(30)15-22(17-7-3-2-4-8-17)28-24(31)20-9-5-6-10-21(20)25/h2-14,22H,15H2,1H3,(H,26,29)(H,27,30)(H,28,31). The first kappa shape index (κ1) is 22.1. The zero-order valence-corrected chi connectivity index (χ0v) is 17.6. The molecule has 3 aromatic carbocycles. The summed E-state index contributed by atoms with van der Waals surface area (Å²) >= 11 is 6.14. The number of anilines is 2. The molecule has 3 aromatic rings. The third kappa shape index (κ3) is 6.42. The van der Waals surface area contributed by atoms with Gasteiger partial charge in [0.05, 0.1) is 23.0 Å².